The molecule has 92 valence electrons. The highest BCUT2D eigenvalue weighted by Crippen LogP contribution is 2.10. The van der Waals surface area contributed by atoms with Gasteiger partial charge in [-0.15, -0.1) is 0 Å². The van der Waals surface area contributed by atoms with Crippen LogP contribution < -0.4 is 11.1 Å². The van der Waals surface area contributed by atoms with Crippen LogP contribution in [0.2, 0.25) is 5.02 Å². The molecule has 0 heterocycles. The van der Waals surface area contributed by atoms with Crippen LogP contribution in [0, 0.1) is 5.92 Å². The van der Waals surface area contributed by atoms with Crippen LogP contribution in [0.1, 0.15) is 24.2 Å². The summed E-state index contributed by atoms with van der Waals surface area (Å²) in [6.07, 6.45) is 0. The molecule has 0 saturated heterocycles. The first-order valence-electron chi connectivity index (χ1n) is 5.27. The highest BCUT2D eigenvalue weighted by molar-refractivity contribution is 6.30. The molecule has 0 spiro atoms. The van der Waals surface area contributed by atoms with Gasteiger partial charge in [0.05, 0.1) is 0 Å². The molecular weight excluding hydrogens is 240 g/mol. The molecule has 0 fully saturated rings. The molecule has 3 N–H and O–H groups in total. The third-order valence-electron chi connectivity index (χ3n) is 2.37. The highest BCUT2D eigenvalue weighted by Gasteiger charge is 2.21. The summed E-state index contributed by atoms with van der Waals surface area (Å²) >= 11 is 5.72. The lowest BCUT2D eigenvalue weighted by atomic mass is 10.0. The van der Waals surface area contributed by atoms with Crippen molar-refractivity contribution in [3.8, 4) is 0 Å². The first kappa shape index (κ1) is 13.5. The fraction of sp³-hybridized carbons (Fsp3) is 0.333. The zero-order valence-electron chi connectivity index (χ0n) is 9.74. The van der Waals surface area contributed by atoms with Gasteiger partial charge in [0.2, 0.25) is 5.91 Å². The van der Waals surface area contributed by atoms with E-state index in [4.69, 9.17) is 17.3 Å². The van der Waals surface area contributed by atoms with Gasteiger partial charge in [0.1, 0.15) is 6.04 Å². The second-order valence-corrected chi connectivity index (χ2v) is 4.54. The number of carbonyl (C=O) groups is 2. The molecule has 0 bridgehead atoms. The number of rotatable bonds is 4. The third-order valence-corrected chi connectivity index (χ3v) is 2.62. The Bertz CT molecular complexity index is 415. The van der Waals surface area contributed by atoms with Crippen LogP contribution in [0.5, 0.6) is 0 Å². The van der Waals surface area contributed by atoms with Crippen molar-refractivity contribution in [3.63, 3.8) is 0 Å². The van der Waals surface area contributed by atoms with E-state index in [2.05, 4.69) is 5.32 Å². The Hall–Kier alpha value is -1.55. The van der Waals surface area contributed by atoms with Crippen LogP contribution in [0.15, 0.2) is 24.3 Å². The van der Waals surface area contributed by atoms with Gasteiger partial charge in [0.15, 0.2) is 0 Å². The molecule has 1 rings (SSSR count). The van der Waals surface area contributed by atoms with Gasteiger partial charge >= 0.3 is 0 Å². The van der Waals surface area contributed by atoms with Crippen molar-refractivity contribution in [1.82, 2.24) is 5.32 Å². The summed E-state index contributed by atoms with van der Waals surface area (Å²) < 4.78 is 0. The fourth-order valence-corrected chi connectivity index (χ4v) is 1.52. The van der Waals surface area contributed by atoms with Crippen LogP contribution in [0.25, 0.3) is 0 Å². The summed E-state index contributed by atoms with van der Waals surface area (Å²) in [7, 11) is 0. The Morgan fingerprint density at radius 3 is 2.18 bits per heavy atom. The van der Waals surface area contributed by atoms with Crippen LogP contribution in [-0.2, 0) is 4.79 Å². The number of nitrogens with one attached hydrogen (secondary N) is 1. The van der Waals surface area contributed by atoms with E-state index in [1.165, 1.54) is 0 Å². The Morgan fingerprint density at radius 2 is 1.76 bits per heavy atom. The highest BCUT2D eigenvalue weighted by atomic mass is 35.5. The number of halogens is 1. The summed E-state index contributed by atoms with van der Waals surface area (Å²) in [5, 5.41) is 3.15. The zero-order valence-corrected chi connectivity index (χ0v) is 10.5. The molecule has 1 aromatic rings. The number of nitrogens with two attached hydrogens (primary N) is 1. The quantitative estimate of drug-likeness (QED) is 0.856. The standard InChI is InChI=1S/C12H15ClN2O2/c1-7(2)10(11(14)16)15-12(17)8-3-5-9(13)6-4-8/h3-7,10H,1-2H3,(H2,14,16)(H,15,17)/t10-/m0/s1. The molecule has 0 aliphatic rings. The number of amides is 2. The van der Waals surface area contributed by atoms with Crippen molar-refractivity contribution in [2.75, 3.05) is 0 Å². The maximum atomic E-state index is 11.8. The van der Waals surface area contributed by atoms with Crippen molar-refractivity contribution >= 4 is 23.4 Å². The summed E-state index contributed by atoms with van der Waals surface area (Å²) in [4.78, 5) is 23.0. The Kier molecular flexibility index (Phi) is 4.52. The molecule has 5 heteroatoms. The summed E-state index contributed by atoms with van der Waals surface area (Å²) in [6, 6.07) is 5.75. The molecule has 4 nitrogen and oxygen atoms in total. The topological polar surface area (TPSA) is 72.2 Å². The normalized spacial score (nSPS) is 12.2. The Balaban J connectivity index is 2.77. The molecule has 0 unspecified atom stereocenters. The maximum absolute atomic E-state index is 11.8. The lowest BCUT2D eigenvalue weighted by Crippen LogP contribution is -2.47. The molecule has 1 aromatic carbocycles. The lowest BCUT2D eigenvalue weighted by molar-refractivity contribution is -0.120. The number of hydrogen-bond acceptors (Lipinski definition) is 2. The SMILES string of the molecule is CC(C)[C@H](NC(=O)c1ccc(Cl)cc1)C(N)=O. The van der Waals surface area contributed by atoms with E-state index in [1.807, 2.05) is 13.8 Å². The molecule has 17 heavy (non-hydrogen) atoms. The molecule has 0 aliphatic carbocycles. The van der Waals surface area contributed by atoms with E-state index in [1.54, 1.807) is 24.3 Å². The summed E-state index contributed by atoms with van der Waals surface area (Å²) in [5.74, 6) is -0.926. The number of primary amides is 1. The Morgan fingerprint density at radius 1 is 1.24 bits per heavy atom. The second-order valence-electron chi connectivity index (χ2n) is 4.10. The van der Waals surface area contributed by atoms with Crippen molar-refractivity contribution in [2.45, 2.75) is 19.9 Å². The largest absolute Gasteiger partial charge is 0.368 e. The van der Waals surface area contributed by atoms with Crippen LogP contribution in [0.4, 0.5) is 0 Å². The van der Waals surface area contributed by atoms with Gasteiger partial charge < -0.3 is 11.1 Å². The van der Waals surface area contributed by atoms with Crippen molar-refractivity contribution in [1.29, 1.82) is 0 Å². The summed E-state index contributed by atoms with van der Waals surface area (Å²) in [6.45, 7) is 3.63. The first-order chi connectivity index (χ1) is 7.91. The van der Waals surface area contributed by atoms with Gasteiger partial charge in [-0.2, -0.15) is 0 Å². The van der Waals surface area contributed by atoms with E-state index in [0.717, 1.165) is 0 Å². The first-order valence-corrected chi connectivity index (χ1v) is 5.65. The van der Waals surface area contributed by atoms with Gasteiger partial charge in [-0.05, 0) is 30.2 Å². The van der Waals surface area contributed by atoms with Gasteiger partial charge in [-0.25, -0.2) is 0 Å². The predicted molar refractivity (Wildman–Crippen MR) is 66.7 cm³/mol. The lowest BCUT2D eigenvalue weighted by Gasteiger charge is -2.18. The maximum Gasteiger partial charge on any atom is 0.251 e. The van der Waals surface area contributed by atoms with E-state index in [0.29, 0.717) is 10.6 Å². The number of benzene rings is 1. The van der Waals surface area contributed by atoms with Crippen LogP contribution in [-0.4, -0.2) is 17.9 Å². The van der Waals surface area contributed by atoms with Gasteiger partial charge in [0.25, 0.3) is 5.91 Å². The van der Waals surface area contributed by atoms with Gasteiger partial charge in [-0.1, -0.05) is 25.4 Å². The minimum Gasteiger partial charge on any atom is -0.368 e. The van der Waals surface area contributed by atoms with Gasteiger partial charge in [0, 0.05) is 10.6 Å². The van der Waals surface area contributed by atoms with Crippen molar-refractivity contribution < 1.29 is 9.59 Å². The zero-order chi connectivity index (χ0) is 13.0. The Labute approximate surface area is 105 Å². The molecule has 0 saturated carbocycles. The predicted octanol–water partition coefficient (Wildman–Crippen LogP) is 1.58. The number of carbonyl (C=O) groups excluding carboxylic acids is 2. The molecular formula is C12H15ClN2O2. The number of hydrogen-bond donors (Lipinski definition) is 2. The van der Waals surface area contributed by atoms with Crippen molar-refractivity contribution in [3.05, 3.63) is 34.9 Å². The smallest absolute Gasteiger partial charge is 0.251 e. The third kappa shape index (κ3) is 3.75. The summed E-state index contributed by atoms with van der Waals surface area (Å²) in [5.41, 5.74) is 5.66. The van der Waals surface area contributed by atoms with Crippen LogP contribution in [0.3, 0.4) is 0 Å². The minimum absolute atomic E-state index is 0.0521. The molecule has 2 amide bonds. The van der Waals surface area contributed by atoms with E-state index < -0.39 is 11.9 Å². The molecule has 0 radical (unpaired) electrons. The monoisotopic (exact) mass is 254 g/mol. The van der Waals surface area contributed by atoms with E-state index >= 15 is 0 Å². The molecule has 1 atom stereocenters. The fourth-order valence-electron chi connectivity index (χ4n) is 1.39. The van der Waals surface area contributed by atoms with E-state index in [-0.39, 0.29) is 11.8 Å². The minimum atomic E-state index is -0.668. The average Bonchev–Trinajstić information content (AvgIpc) is 2.25. The van der Waals surface area contributed by atoms with E-state index in [9.17, 15) is 9.59 Å². The second kappa shape index (κ2) is 5.68. The van der Waals surface area contributed by atoms with Crippen molar-refractivity contribution in [2.24, 2.45) is 11.7 Å². The molecule has 0 aromatic heterocycles. The molecule has 0 aliphatic heterocycles. The van der Waals surface area contributed by atoms with Crippen LogP contribution >= 0.6 is 11.6 Å². The van der Waals surface area contributed by atoms with Gasteiger partial charge in [-0.3, -0.25) is 9.59 Å². The average molecular weight is 255 g/mol.